The molecule has 2 atom stereocenters. The minimum atomic E-state index is -1.19. The number of nitrogens with one attached hydrogen (secondary N) is 1. The summed E-state index contributed by atoms with van der Waals surface area (Å²) in [6, 6.07) is 5.94. The number of carboxylic acid groups (broad SMARTS) is 1. The average molecular weight is 494 g/mol. The monoisotopic (exact) mass is 493 g/mol. The molecule has 1 saturated heterocycles. The number of thiol groups is 1. The van der Waals surface area contributed by atoms with Gasteiger partial charge in [0, 0.05) is 25.1 Å². The van der Waals surface area contributed by atoms with E-state index < -0.39 is 28.9 Å². The fourth-order valence-corrected chi connectivity index (χ4v) is 4.44. The summed E-state index contributed by atoms with van der Waals surface area (Å²) in [4.78, 5) is 59.7. The van der Waals surface area contributed by atoms with E-state index in [4.69, 9.17) is 4.74 Å². The molecule has 1 aliphatic rings. The molecule has 0 spiro atoms. The third-order valence-electron chi connectivity index (χ3n) is 5.01. The van der Waals surface area contributed by atoms with Crippen LogP contribution in [0.5, 0.6) is 0 Å². The van der Waals surface area contributed by atoms with E-state index >= 15 is 0 Å². The molecule has 1 aliphatic heterocycles. The van der Waals surface area contributed by atoms with E-state index in [9.17, 15) is 34.4 Å². The molecule has 2 N–H and O–H groups in total. The van der Waals surface area contributed by atoms with Crippen molar-refractivity contribution in [2.75, 3.05) is 11.9 Å². The molecule has 1 aromatic heterocycles. The van der Waals surface area contributed by atoms with Crippen LogP contribution in [0, 0.1) is 16.0 Å². The lowest BCUT2D eigenvalue weighted by Gasteiger charge is -2.23. The van der Waals surface area contributed by atoms with Crippen LogP contribution < -0.4 is 5.32 Å². The van der Waals surface area contributed by atoms with Crippen molar-refractivity contribution >= 4 is 58.4 Å². The van der Waals surface area contributed by atoms with E-state index in [1.54, 1.807) is 0 Å². The van der Waals surface area contributed by atoms with Gasteiger partial charge in [-0.15, -0.1) is 24.0 Å². The average Bonchev–Trinajstić information content (AvgIpc) is 3.39. The predicted molar refractivity (Wildman–Crippen MR) is 120 cm³/mol. The van der Waals surface area contributed by atoms with Crippen molar-refractivity contribution < 1.29 is 33.9 Å². The number of likely N-dealkylation sites (tertiary alicyclic amines) is 1. The van der Waals surface area contributed by atoms with E-state index in [0.29, 0.717) is 5.56 Å². The van der Waals surface area contributed by atoms with Crippen LogP contribution in [0.4, 0.5) is 16.2 Å². The highest BCUT2D eigenvalue weighted by Gasteiger charge is 2.41. The maximum Gasteiger partial charge on any atom is 0.410 e. The minimum Gasteiger partial charge on any atom is -0.477 e. The number of carbonyl (C=O) groups is 4. The zero-order valence-corrected chi connectivity index (χ0v) is 18.7. The molecular weight excluding hydrogens is 474 g/mol. The number of carboxylic acids is 1. The fourth-order valence-electron chi connectivity index (χ4n) is 3.50. The van der Waals surface area contributed by atoms with Gasteiger partial charge in [0.05, 0.1) is 10.6 Å². The Kier molecular flexibility index (Phi) is 7.66. The lowest BCUT2D eigenvalue weighted by molar-refractivity contribution is -0.384. The number of aromatic carboxylic acids is 1. The Bertz CT molecular complexity index is 1090. The third kappa shape index (κ3) is 6.08. The molecule has 3 rings (SSSR count). The molecule has 174 valence electrons. The number of rotatable bonds is 8. The number of non-ortho nitro benzene ring substituents is 1. The van der Waals surface area contributed by atoms with Crippen molar-refractivity contribution in [2.45, 2.75) is 25.5 Å². The Morgan fingerprint density at radius 3 is 2.55 bits per heavy atom. The predicted octanol–water partition coefficient (Wildman–Crippen LogP) is 3.17. The van der Waals surface area contributed by atoms with Crippen molar-refractivity contribution in [2.24, 2.45) is 5.92 Å². The van der Waals surface area contributed by atoms with Gasteiger partial charge in [0.15, 0.2) is 5.12 Å². The molecule has 11 nitrogen and oxygen atoms in total. The van der Waals surface area contributed by atoms with Gasteiger partial charge in [-0.05, 0) is 41.5 Å². The molecule has 1 aromatic carbocycles. The maximum absolute atomic E-state index is 12.9. The number of anilines is 1. The summed E-state index contributed by atoms with van der Waals surface area (Å²) >= 11 is 4.72. The second kappa shape index (κ2) is 10.4. The Morgan fingerprint density at radius 2 is 1.94 bits per heavy atom. The van der Waals surface area contributed by atoms with Crippen LogP contribution in [0.2, 0.25) is 0 Å². The molecule has 2 amide bonds. The van der Waals surface area contributed by atoms with Crippen molar-refractivity contribution in [1.82, 2.24) is 4.90 Å². The fraction of sp³-hybridized carbons (Fsp3) is 0.300. The molecular formula is C20H19N3O8S2. The first-order valence-corrected chi connectivity index (χ1v) is 11.0. The van der Waals surface area contributed by atoms with Gasteiger partial charge in [0.25, 0.3) is 5.69 Å². The van der Waals surface area contributed by atoms with Gasteiger partial charge in [0.2, 0.25) is 5.91 Å². The normalized spacial score (nSPS) is 17.4. The molecule has 1 fully saturated rings. The van der Waals surface area contributed by atoms with Crippen LogP contribution in [0.1, 0.15) is 28.1 Å². The van der Waals surface area contributed by atoms with E-state index in [2.05, 4.69) is 17.9 Å². The molecule has 2 heterocycles. The lowest BCUT2D eigenvalue weighted by atomic mass is 10.0. The molecule has 2 aromatic rings. The van der Waals surface area contributed by atoms with Crippen molar-refractivity contribution in [3.05, 3.63) is 56.3 Å². The number of nitro benzene ring substituents is 1. The van der Waals surface area contributed by atoms with Crippen LogP contribution in [-0.2, 0) is 20.9 Å². The topological polar surface area (TPSA) is 156 Å². The molecule has 0 saturated carbocycles. The van der Waals surface area contributed by atoms with E-state index in [1.807, 2.05) is 0 Å². The highest BCUT2D eigenvalue weighted by molar-refractivity contribution is 7.96. The molecule has 0 aliphatic carbocycles. The van der Waals surface area contributed by atoms with Crippen LogP contribution >= 0.6 is 24.0 Å². The lowest BCUT2D eigenvalue weighted by Crippen LogP contribution is -2.43. The minimum absolute atomic E-state index is 0.0456. The molecule has 0 radical (unpaired) electrons. The first kappa shape index (κ1) is 24.2. The number of ether oxygens (including phenoxy) is 1. The Morgan fingerprint density at radius 1 is 1.24 bits per heavy atom. The first-order valence-electron chi connectivity index (χ1n) is 9.66. The van der Waals surface area contributed by atoms with Crippen molar-refractivity contribution in [3.63, 3.8) is 0 Å². The van der Waals surface area contributed by atoms with Crippen LogP contribution in [0.25, 0.3) is 0 Å². The number of amides is 2. The summed E-state index contributed by atoms with van der Waals surface area (Å²) in [5.41, 5.74) is 0.529. The van der Waals surface area contributed by atoms with E-state index in [1.165, 1.54) is 40.6 Å². The van der Waals surface area contributed by atoms with E-state index in [-0.39, 0.29) is 53.3 Å². The summed E-state index contributed by atoms with van der Waals surface area (Å²) in [6.45, 7) is -0.0928. The number of thiophene rings is 1. The summed E-state index contributed by atoms with van der Waals surface area (Å²) in [5.74, 6) is -2.11. The summed E-state index contributed by atoms with van der Waals surface area (Å²) in [5, 5.41) is 23.7. The Labute approximate surface area is 196 Å². The Hall–Kier alpha value is -3.45. The summed E-state index contributed by atoms with van der Waals surface area (Å²) in [7, 11) is 0. The van der Waals surface area contributed by atoms with Gasteiger partial charge in [-0.1, -0.05) is 0 Å². The van der Waals surface area contributed by atoms with Crippen molar-refractivity contribution in [1.29, 1.82) is 0 Å². The number of hydrogen-bond acceptors (Lipinski definition) is 8. The van der Waals surface area contributed by atoms with Gasteiger partial charge < -0.3 is 15.2 Å². The molecule has 13 heteroatoms. The highest BCUT2D eigenvalue weighted by Crippen LogP contribution is 2.30. The summed E-state index contributed by atoms with van der Waals surface area (Å²) < 4.78 is 5.28. The second-order valence-corrected chi connectivity index (χ2v) is 8.72. The van der Waals surface area contributed by atoms with Gasteiger partial charge in [-0.2, -0.15) is 0 Å². The van der Waals surface area contributed by atoms with Crippen LogP contribution in [0.3, 0.4) is 0 Å². The van der Waals surface area contributed by atoms with E-state index in [0.717, 1.165) is 11.3 Å². The standard InChI is InChI=1S/C20H19N3O8S2/c24-16(32)8-12-7-15(18(25)21-14-5-6-33-17(14)19(26)27)22(9-12)20(28)31-10-11-1-3-13(4-2-11)23(29)30/h1-6,12,15H,7-10H2,(H,21,25)(H,24,32)(H,26,27)/t12-,15-/m0/s1. The number of nitrogens with zero attached hydrogens (tertiary/aromatic N) is 2. The zero-order chi connectivity index (χ0) is 24.1. The van der Waals surface area contributed by atoms with Gasteiger partial charge in [-0.25, -0.2) is 9.59 Å². The van der Waals surface area contributed by atoms with Crippen LogP contribution in [0.15, 0.2) is 35.7 Å². The number of nitro groups is 1. The van der Waals surface area contributed by atoms with Crippen LogP contribution in [-0.4, -0.2) is 50.6 Å². The van der Waals surface area contributed by atoms with Gasteiger partial charge in [0.1, 0.15) is 17.5 Å². The quantitative estimate of drug-likeness (QED) is 0.288. The number of benzene rings is 1. The summed E-state index contributed by atoms with van der Waals surface area (Å²) in [6.07, 6.45) is -0.568. The highest BCUT2D eigenvalue weighted by atomic mass is 32.1. The SMILES string of the molecule is O=C(S)C[C@@H]1C[C@@H](C(=O)Nc2ccsc2C(=O)O)N(C(=O)OCc2ccc([N+](=O)[O-])cc2)C1. The second-order valence-electron chi connectivity index (χ2n) is 7.30. The maximum atomic E-state index is 12.9. The molecule has 33 heavy (non-hydrogen) atoms. The van der Waals surface area contributed by atoms with Gasteiger partial charge in [-0.3, -0.25) is 24.6 Å². The number of hydrogen-bond donors (Lipinski definition) is 3. The Balaban J connectivity index is 1.70. The smallest absolute Gasteiger partial charge is 0.410 e. The third-order valence-corrected chi connectivity index (χ3v) is 6.10. The molecule has 0 bridgehead atoms. The van der Waals surface area contributed by atoms with Gasteiger partial charge >= 0.3 is 12.1 Å². The zero-order valence-electron chi connectivity index (χ0n) is 17.0. The first-order chi connectivity index (χ1) is 15.7. The molecule has 0 unspecified atom stereocenters. The number of carbonyl (C=O) groups excluding carboxylic acids is 3. The largest absolute Gasteiger partial charge is 0.477 e. The van der Waals surface area contributed by atoms with Crippen molar-refractivity contribution in [3.8, 4) is 0 Å².